The molecule has 7 nitrogen and oxygen atoms in total. The van der Waals surface area contributed by atoms with Crippen molar-refractivity contribution in [3.05, 3.63) is 72.2 Å². The summed E-state index contributed by atoms with van der Waals surface area (Å²) in [6.45, 7) is 4.96. The summed E-state index contributed by atoms with van der Waals surface area (Å²) in [5.41, 5.74) is 2.93. The Morgan fingerprint density at radius 3 is 2.44 bits per heavy atom. The summed E-state index contributed by atoms with van der Waals surface area (Å²) >= 11 is 0. The maximum absolute atomic E-state index is 12.6. The Balaban J connectivity index is 1.19. The lowest BCUT2D eigenvalue weighted by atomic mass is 10.2. The zero-order valence-corrected chi connectivity index (χ0v) is 18.3. The van der Waals surface area contributed by atoms with E-state index in [1.807, 2.05) is 66.4 Å². The van der Waals surface area contributed by atoms with Crippen LogP contribution in [0.3, 0.4) is 0 Å². The highest BCUT2D eigenvalue weighted by Crippen LogP contribution is 2.20. The standard InChI is InChI=1S/C25H28N4O3/c1-19-7-9-21(10-8-19)27-23(30)18-28-13-15-29(16-14-28)25(31)12-11-24-26-17-22(32-24)20-5-3-2-4-6-20/h2-10,17H,11-16,18H2,1H3,(H,27,30). The normalized spacial score (nSPS) is 14.3. The minimum atomic E-state index is -0.0354. The number of nitrogens with one attached hydrogen (secondary N) is 1. The van der Waals surface area contributed by atoms with Gasteiger partial charge < -0.3 is 14.6 Å². The number of amides is 2. The Hall–Kier alpha value is -3.45. The van der Waals surface area contributed by atoms with E-state index in [-0.39, 0.29) is 11.8 Å². The van der Waals surface area contributed by atoms with Gasteiger partial charge in [0.1, 0.15) is 0 Å². The first-order valence-corrected chi connectivity index (χ1v) is 10.9. The molecule has 1 aliphatic rings. The number of anilines is 1. The molecule has 0 unspecified atom stereocenters. The minimum absolute atomic E-state index is 0.0354. The second-order valence-corrected chi connectivity index (χ2v) is 8.06. The van der Waals surface area contributed by atoms with E-state index in [0.29, 0.717) is 57.2 Å². The van der Waals surface area contributed by atoms with E-state index >= 15 is 0 Å². The second-order valence-electron chi connectivity index (χ2n) is 8.06. The Morgan fingerprint density at radius 2 is 1.72 bits per heavy atom. The number of oxazole rings is 1. The fraction of sp³-hybridized carbons (Fsp3) is 0.320. The van der Waals surface area contributed by atoms with E-state index in [2.05, 4.69) is 15.2 Å². The fourth-order valence-electron chi connectivity index (χ4n) is 3.73. The van der Waals surface area contributed by atoms with Crippen LogP contribution in [-0.4, -0.2) is 59.3 Å². The maximum Gasteiger partial charge on any atom is 0.238 e. The van der Waals surface area contributed by atoms with Crippen LogP contribution in [0.25, 0.3) is 11.3 Å². The molecule has 2 amide bonds. The number of piperazine rings is 1. The van der Waals surface area contributed by atoms with E-state index in [0.717, 1.165) is 16.8 Å². The van der Waals surface area contributed by atoms with Gasteiger partial charge in [0, 0.05) is 50.3 Å². The first-order valence-electron chi connectivity index (χ1n) is 10.9. The Bertz CT molecular complexity index is 1040. The van der Waals surface area contributed by atoms with Gasteiger partial charge in [-0.25, -0.2) is 4.98 Å². The smallest absolute Gasteiger partial charge is 0.238 e. The number of aromatic nitrogens is 1. The zero-order valence-electron chi connectivity index (χ0n) is 18.3. The third kappa shape index (κ3) is 5.82. The summed E-state index contributed by atoms with van der Waals surface area (Å²) in [7, 11) is 0. The van der Waals surface area contributed by atoms with Gasteiger partial charge in [-0.05, 0) is 19.1 Å². The van der Waals surface area contributed by atoms with Crippen LogP contribution in [0, 0.1) is 6.92 Å². The number of aryl methyl sites for hydroxylation is 2. The number of benzene rings is 2. The average Bonchev–Trinajstić information content (AvgIpc) is 3.29. The van der Waals surface area contributed by atoms with Crippen molar-refractivity contribution in [2.24, 2.45) is 0 Å². The van der Waals surface area contributed by atoms with Gasteiger partial charge in [0.2, 0.25) is 11.8 Å². The molecule has 0 radical (unpaired) electrons. The molecule has 166 valence electrons. The highest BCUT2D eigenvalue weighted by Gasteiger charge is 2.22. The molecule has 3 aromatic rings. The largest absolute Gasteiger partial charge is 0.441 e. The number of rotatable bonds is 7. The Kier molecular flexibility index (Phi) is 6.97. The number of hydrogen-bond acceptors (Lipinski definition) is 5. The van der Waals surface area contributed by atoms with Crippen LogP contribution in [0.15, 0.2) is 65.2 Å². The van der Waals surface area contributed by atoms with Crippen molar-refractivity contribution in [3.63, 3.8) is 0 Å². The molecule has 0 atom stereocenters. The van der Waals surface area contributed by atoms with Crippen LogP contribution < -0.4 is 5.32 Å². The van der Waals surface area contributed by atoms with Crippen molar-refractivity contribution in [1.82, 2.24) is 14.8 Å². The number of hydrogen-bond donors (Lipinski definition) is 1. The van der Waals surface area contributed by atoms with Crippen molar-refractivity contribution in [3.8, 4) is 11.3 Å². The SMILES string of the molecule is Cc1ccc(NC(=O)CN2CCN(C(=O)CCc3ncc(-c4ccccc4)o3)CC2)cc1. The predicted molar refractivity (Wildman–Crippen MR) is 123 cm³/mol. The van der Waals surface area contributed by atoms with Crippen LogP contribution in [0.5, 0.6) is 0 Å². The van der Waals surface area contributed by atoms with Crippen LogP contribution in [0.2, 0.25) is 0 Å². The summed E-state index contributed by atoms with van der Waals surface area (Å²) in [4.78, 5) is 33.1. The monoisotopic (exact) mass is 432 g/mol. The second kappa shape index (κ2) is 10.2. The van der Waals surface area contributed by atoms with Crippen molar-refractivity contribution in [2.75, 3.05) is 38.0 Å². The summed E-state index contributed by atoms with van der Waals surface area (Å²) in [6.07, 6.45) is 2.54. The molecule has 0 spiro atoms. The molecular formula is C25H28N4O3. The van der Waals surface area contributed by atoms with Crippen molar-refractivity contribution in [2.45, 2.75) is 19.8 Å². The van der Waals surface area contributed by atoms with E-state index in [1.165, 1.54) is 0 Å². The van der Waals surface area contributed by atoms with Crippen molar-refractivity contribution < 1.29 is 14.0 Å². The third-order valence-corrected chi connectivity index (χ3v) is 5.59. The highest BCUT2D eigenvalue weighted by atomic mass is 16.4. The molecule has 2 heterocycles. The lowest BCUT2D eigenvalue weighted by Crippen LogP contribution is -2.50. The van der Waals surface area contributed by atoms with Gasteiger partial charge in [-0.2, -0.15) is 0 Å². The number of carbonyl (C=O) groups excluding carboxylic acids is 2. The molecule has 1 aliphatic heterocycles. The van der Waals surface area contributed by atoms with Gasteiger partial charge >= 0.3 is 0 Å². The van der Waals surface area contributed by atoms with Crippen LogP contribution >= 0.6 is 0 Å². The summed E-state index contributed by atoms with van der Waals surface area (Å²) in [5, 5.41) is 2.92. The number of nitrogens with zero attached hydrogens (tertiary/aromatic N) is 3. The summed E-state index contributed by atoms with van der Waals surface area (Å²) < 4.78 is 5.79. The van der Waals surface area contributed by atoms with Gasteiger partial charge in [-0.3, -0.25) is 14.5 Å². The molecule has 2 aromatic carbocycles. The van der Waals surface area contributed by atoms with Crippen LogP contribution in [0.4, 0.5) is 5.69 Å². The van der Waals surface area contributed by atoms with E-state index in [9.17, 15) is 9.59 Å². The van der Waals surface area contributed by atoms with Gasteiger partial charge in [0.05, 0.1) is 12.7 Å². The molecule has 1 aromatic heterocycles. The fourth-order valence-corrected chi connectivity index (χ4v) is 3.73. The Labute approximate surface area is 188 Å². The summed E-state index contributed by atoms with van der Waals surface area (Å²) in [6, 6.07) is 17.5. The molecule has 7 heteroatoms. The highest BCUT2D eigenvalue weighted by molar-refractivity contribution is 5.92. The zero-order chi connectivity index (χ0) is 22.3. The van der Waals surface area contributed by atoms with Gasteiger partial charge in [-0.1, -0.05) is 48.0 Å². The molecule has 1 fully saturated rings. The minimum Gasteiger partial charge on any atom is -0.441 e. The van der Waals surface area contributed by atoms with Gasteiger partial charge in [0.15, 0.2) is 11.7 Å². The predicted octanol–water partition coefficient (Wildman–Crippen LogP) is 3.37. The van der Waals surface area contributed by atoms with Crippen molar-refractivity contribution >= 4 is 17.5 Å². The Morgan fingerprint density at radius 1 is 1.00 bits per heavy atom. The van der Waals surface area contributed by atoms with Crippen molar-refractivity contribution in [1.29, 1.82) is 0 Å². The van der Waals surface area contributed by atoms with E-state index < -0.39 is 0 Å². The number of carbonyl (C=O) groups is 2. The first kappa shape index (κ1) is 21.8. The lowest BCUT2D eigenvalue weighted by molar-refractivity contribution is -0.133. The quantitative estimate of drug-likeness (QED) is 0.619. The summed E-state index contributed by atoms with van der Waals surface area (Å²) in [5.74, 6) is 1.34. The van der Waals surface area contributed by atoms with E-state index in [4.69, 9.17) is 4.42 Å². The van der Waals surface area contributed by atoms with E-state index in [1.54, 1.807) is 6.20 Å². The molecule has 1 saturated heterocycles. The van der Waals surface area contributed by atoms with Crippen LogP contribution in [0.1, 0.15) is 17.9 Å². The molecule has 0 aliphatic carbocycles. The first-order chi connectivity index (χ1) is 15.6. The molecule has 1 N–H and O–H groups in total. The topological polar surface area (TPSA) is 78.7 Å². The maximum atomic E-state index is 12.6. The molecular weight excluding hydrogens is 404 g/mol. The average molecular weight is 433 g/mol. The molecule has 0 saturated carbocycles. The third-order valence-electron chi connectivity index (χ3n) is 5.59. The molecule has 32 heavy (non-hydrogen) atoms. The molecule has 0 bridgehead atoms. The molecule has 4 rings (SSSR count). The van der Waals surface area contributed by atoms with Gasteiger partial charge in [-0.15, -0.1) is 0 Å². The van der Waals surface area contributed by atoms with Gasteiger partial charge in [0.25, 0.3) is 0 Å². The lowest BCUT2D eigenvalue weighted by Gasteiger charge is -2.34. The van der Waals surface area contributed by atoms with Crippen LogP contribution in [-0.2, 0) is 16.0 Å².